The molecule has 2 saturated carbocycles. The first kappa shape index (κ1) is 13.3. The summed E-state index contributed by atoms with van der Waals surface area (Å²) in [5, 5.41) is 3.51. The maximum absolute atomic E-state index is 5.84. The van der Waals surface area contributed by atoms with E-state index in [2.05, 4.69) is 5.32 Å². The monoisotopic (exact) mass is 240 g/mol. The van der Waals surface area contributed by atoms with Crippen LogP contribution in [-0.2, 0) is 4.74 Å². The van der Waals surface area contributed by atoms with Crippen LogP contribution in [-0.4, -0.2) is 32.8 Å². The van der Waals surface area contributed by atoms with E-state index in [0.717, 1.165) is 45.2 Å². The summed E-state index contributed by atoms with van der Waals surface area (Å²) in [7, 11) is 0. The van der Waals surface area contributed by atoms with Gasteiger partial charge in [-0.3, -0.25) is 0 Å². The van der Waals surface area contributed by atoms with Crippen molar-refractivity contribution in [3.63, 3.8) is 0 Å². The molecule has 2 aliphatic carbocycles. The number of hydrogen-bond acceptors (Lipinski definition) is 3. The van der Waals surface area contributed by atoms with Crippen LogP contribution in [0.2, 0.25) is 0 Å². The highest BCUT2D eigenvalue weighted by molar-refractivity contribution is 4.88. The maximum atomic E-state index is 5.84. The van der Waals surface area contributed by atoms with E-state index >= 15 is 0 Å². The van der Waals surface area contributed by atoms with Crippen molar-refractivity contribution in [2.24, 2.45) is 17.1 Å². The van der Waals surface area contributed by atoms with Crippen LogP contribution in [0, 0.1) is 11.3 Å². The van der Waals surface area contributed by atoms with Crippen LogP contribution < -0.4 is 11.1 Å². The van der Waals surface area contributed by atoms with Gasteiger partial charge in [-0.15, -0.1) is 0 Å². The van der Waals surface area contributed by atoms with Gasteiger partial charge in [0.1, 0.15) is 0 Å². The van der Waals surface area contributed by atoms with E-state index in [1.165, 1.54) is 38.5 Å². The first-order chi connectivity index (χ1) is 8.35. The molecule has 2 rings (SSSR count). The smallest absolute Gasteiger partial charge is 0.0494 e. The molecule has 0 aromatic heterocycles. The van der Waals surface area contributed by atoms with Crippen LogP contribution >= 0.6 is 0 Å². The minimum atomic E-state index is 0.496. The van der Waals surface area contributed by atoms with Gasteiger partial charge in [-0.2, -0.15) is 0 Å². The zero-order valence-corrected chi connectivity index (χ0v) is 11.0. The Morgan fingerprint density at radius 1 is 1.24 bits per heavy atom. The molecule has 0 aliphatic heterocycles. The first-order valence-electron chi connectivity index (χ1n) is 7.33. The molecule has 0 heterocycles. The molecule has 0 aromatic carbocycles. The van der Waals surface area contributed by atoms with E-state index in [-0.39, 0.29) is 0 Å². The molecule has 17 heavy (non-hydrogen) atoms. The van der Waals surface area contributed by atoms with Gasteiger partial charge in [-0.25, -0.2) is 0 Å². The van der Waals surface area contributed by atoms with Crippen LogP contribution in [0.25, 0.3) is 0 Å². The summed E-state index contributed by atoms with van der Waals surface area (Å²) in [4.78, 5) is 0. The number of nitrogens with two attached hydrogens (primary N) is 1. The number of nitrogens with one attached hydrogen (secondary N) is 1. The second kappa shape index (κ2) is 6.72. The Morgan fingerprint density at radius 2 is 2.06 bits per heavy atom. The van der Waals surface area contributed by atoms with E-state index in [0.29, 0.717) is 5.41 Å². The van der Waals surface area contributed by atoms with E-state index in [1.807, 2.05) is 0 Å². The zero-order valence-electron chi connectivity index (χ0n) is 11.0. The normalized spacial score (nSPS) is 22.4. The van der Waals surface area contributed by atoms with Crippen molar-refractivity contribution in [3.05, 3.63) is 0 Å². The molecule has 100 valence electrons. The first-order valence-corrected chi connectivity index (χ1v) is 7.33. The maximum Gasteiger partial charge on any atom is 0.0494 e. The van der Waals surface area contributed by atoms with Crippen molar-refractivity contribution < 1.29 is 4.74 Å². The summed E-state index contributed by atoms with van der Waals surface area (Å²) in [5.74, 6) is 0.894. The molecule has 2 fully saturated rings. The molecule has 0 saturated heterocycles. The third kappa shape index (κ3) is 4.57. The molecule has 3 nitrogen and oxygen atoms in total. The standard InChI is InChI=1S/C14H28N2O/c15-12-14(5-1-6-14)7-9-16-8-2-10-17-11-13-3-4-13/h13,16H,1-12,15H2. The Balaban J connectivity index is 1.35. The lowest BCUT2D eigenvalue weighted by molar-refractivity contribution is 0.118. The lowest BCUT2D eigenvalue weighted by Gasteiger charge is -2.41. The van der Waals surface area contributed by atoms with Gasteiger partial charge in [-0.1, -0.05) is 6.42 Å². The Bertz CT molecular complexity index is 207. The average molecular weight is 240 g/mol. The van der Waals surface area contributed by atoms with Crippen LogP contribution in [0.4, 0.5) is 0 Å². The molecule has 3 N–H and O–H groups in total. The summed E-state index contributed by atoms with van der Waals surface area (Å²) in [6.45, 7) is 5.01. The summed E-state index contributed by atoms with van der Waals surface area (Å²) in [6.07, 6.45) is 9.24. The topological polar surface area (TPSA) is 47.3 Å². The molecule has 0 radical (unpaired) electrons. The van der Waals surface area contributed by atoms with Gasteiger partial charge in [0, 0.05) is 13.2 Å². The number of hydrogen-bond donors (Lipinski definition) is 2. The molecule has 0 atom stereocenters. The van der Waals surface area contributed by atoms with Crippen molar-refractivity contribution in [3.8, 4) is 0 Å². The minimum absolute atomic E-state index is 0.496. The highest BCUT2D eigenvalue weighted by Crippen LogP contribution is 2.42. The van der Waals surface area contributed by atoms with Crippen molar-refractivity contribution >= 4 is 0 Å². The summed E-state index contributed by atoms with van der Waals surface area (Å²) >= 11 is 0. The van der Waals surface area contributed by atoms with Crippen LogP contribution in [0.15, 0.2) is 0 Å². The molecule has 2 aliphatic rings. The minimum Gasteiger partial charge on any atom is -0.381 e. The number of ether oxygens (including phenoxy) is 1. The Morgan fingerprint density at radius 3 is 2.65 bits per heavy atom. The predicted octanol–water partition coefficient (Wildman–Crippen LogP) is 1.91. The highest BCUT2D eigenvalue weighted by atomic mass is 16.5. The van der Waals surface area contributed by atoms with Gasteiger partial charge in [-0.05, 0) is 69.5 Å². The van der Waals surface area contributed by atoms with Crippen molar-refractivity contribution in [2.45, 2.75) is 44.9 Å². The van der Waals surface area contributed by atoms with Gasteiger partial charge < -0.3 is 15.8 Å². The fourth-order valence-electron chi connectivity index (χ4n) is 2.55. The van der Waals surface area contributed by atoms with Gasteiger partial charge >= 0.3 is 0 Å². The fourth-order valence-corrected chi connectivity index (χ4v) is 2.55. The highest BCUT2D eigenvalue weighted by Gasteiger charge is 2.34. The van der Waals surface area contributed by atoms with Gasteiger partial charge in [0.05, 0.1) is 0 Å². The molecule has 0 bridgehead atoms. The second-order valence-corrected chi connectivity index (χ2v) is 5.93. The van der Waals surface area contributed by atoms with E-state index in [9.17, 15) is 0 Å². The van der Waals surface area contributed by atoms with Crippen molar-refractivity contribution in [2.75, 3.05) is 32.8 Å². The SMILES string of the molecule is NCC1(CCNCCCOCC2CC2)CCC1. The van der Waals surface area contributed by atoms with Gasteiger partial charge in [0.15, 0.2) is 0 Å². The molecule has 0 spiro atoms. The third-order valence-electron chi connectivity index (χ3n) is 4.37. The zero-order chi connectivity index (χ0) is 12.0. The molecular weight excluding hydrogens is 212 g/mol. The van der Waals surface area contributed by atoms with Crippen LogP contribution in [0.5, 0.6) is 0 Å². The van der Waals surface area contributed by atoms with Crippen molar-refractivity contribution in [1.29, 1.82) is 0 Å². The van der Waals surface area contributed by atoms with Gasteiger partial charge in [0.25, 0.3) is 0 Å². The largest absolute Gasteiger partial charge is 0.381 e. The second-order valence-electron chi connectivity index (χ2n) is 5.93. The van der Waals surface area contributed by atoms with Crippen LogP contribution in [0.1, 0.15) is 44.9 Å². The summed E-state index contributed by atoms with van der Waals surface area (Å²) < 4.78 is 5.60. The summed E-state index contributed by atoms with van der Waals surface area (Å²) in [5.41, 5.74) is 6.33. The molecule has 0 unspecified atom stereocenters. The molecule has 0 aromatic rings. The van der Waals surface area contributed by atoms with E-state index in [1.54, 1.807) is 0 Å². The Labute approximate surface area is 105 Å². The fraction of sp³-hybridized carbons (Fsp3) is 1.00. The third-order valence-corrected chi connectivity index (χ3v) is 4.37. The van der Waals surface area contributed by atoms with Gasteiger partial charge in [0.2, 0.25) is 0 Å². The lowest BCUT2D eigenvalue weighted by Crippen LogP contribution is -2.39. The predicted molar refractivity (Wildman–Crippen MR) is 71.0 cm³/mol. The molecular formula is C14H28N2O. The molecule has 0 amide bonds. The summed E-state index contributed by atoms with van der Waals surface area (Å²) in [6, 6.07) is 0. The Hall–Kier alpha value is -0.120. The average Bonchev–Trinajstić information content (AvgIpc) is 3.09. The van der Waals surface area contributed by atoms with E-state index < -0.39 is 0 Å². The number of rotatable bonds is 10. The quantitative estimate of drug-likeness (QED) is 0.573. The Kier molecular flexibility index (Phi) is 5.26. The van der Waals surface area contributed by atoms with Crippen molar-refractivity contribution in [1.82, 2.24) is 5.32 Å². The molecule has 3 heteroatoms. The lowest BCUT2D eigenvalue weighted by atomic mass is 9.67. The van der Waals surface area contributed by atoms with Crippen LogP contribution in [0.3, 0.4) is 0 Å². The van der Waals surface area contributed by atoms with E-state index in [4.69, 9.17) is 10.5 Å².